The maximum atomic E-state index is 4.58. The molecule has 0 aliphatic rings. The Labute approximate surface area is 142 Å². The fraction of sp³-hybridized carbons (Fsp3) is 0.125. The monoisotopic (exact) mass is 374 g/mol. The molecule has 3 aromatic rings. The van der Waals surface area contributed by atoms with E-state index in [0.717, 1.165) is 32.2 Å². The van der Waals surface area contributed by atoms with Gasteiger partial charge >= 0.3 is 0 Å². The maximum absolute atomic E-state index is 4.58. The number of halogens is 1. The Bertz CT molecular complexity index is 787. The molecule has 0 unspecified atom stereocenters. The van der Waals surface area contributed by atoms with Crippen LogP contribution in [-0.4, -0.2) is 21.9 Å². The summed E-state index contributed by atoms with van der Waals surface area (Å²) in [5.74, 6) is 0.799. The molecule has 0 fully saturated rings. The van der Waals surface area contributed by atoms with Crippen molar-refractivity contribution >= 4 is 48.4 Å². The lowest BCUT2D eigenvalue weighted by molar-refractivity contribution is 0.416. The Kier molecular flexibility index (Phi) is 4.71. The molecule has 0 saturated carbocycles. The maximum Gasteiger partial charge on any atom is 0.189 e. The number of anilines is 2. The fourth-order valence-corrected chi connectivity index (χ4v) is 3.48. The smallest absolute Gasteiger partial charge is 0.189 e. The van der Waals surface area contributed by atoms with E-state index >= 15 is 0 Å². The van der Waals surface area contributed by atoms with Gasteiger partial charge in [0.15, 0.2) is 5.13 Å². The molecule has 2 radical (unpaired) electrons. The normalized spacial score (nSPS) is 11.3. The summed E-state index contributed by atoms with van der Waals surface area (Å²) in [6, 6.07) is 10.1. The van der Waals surface area contributed by atoms with E-state index in [0.29, 0.717) is 0 Å². The minimum absolute atomic E-state index is 0.799. The van der Waals surface area contributed by atoms with Crippen LogP contribution < -0.4 is 5.32 Å². The number of pyridine rings is 1. The fourth-order valence-electron chi connectivity index (χ4n) is 2.06. The summed E-state index contributed by atoms with van der Waals surface area (Å²) < 4.78 is 2.20. The van der Waals surface area contributed by atoms with Crippen LogP contribution in [0.3, 0.4) is 0 Å². The molecule has 22 heavy (non-hydrogen) atoms. The van der Waals surface area contributed by atoms with Crippen LogP contribution in [-0.2, 0) is 6.54 Å². The van der Waals surface area contributed by atoms with Gasteiger partial charge in [-0.15, -0.1) is 0 Å². The Hall–Kier alpha value is -1.50. The highest BCUT2D eigenvalue weighted by Gasteiger charge is 2.06. The van der Waals surface area contributed by atoms with Gasteiger partial charge in [0.05, 0.1) is 10.2 Å². The first kappa shape index (κ1) is 15.4. The molecule has 0 saturated heterocycles. The number of nitrogens with one attached hydrogen (secondary N) is 1. The molecule has 2 heterocycles. The SMILES string of the molecule is [CH2][CH]N(C)Cc1ccnc(Nc2nc3ccc(Br)cc3s2)c1. The minimum atomic E-state index is 0.799. The van der Waals surface area contributed by atoms with Crippen molar-refractivity contribution in [1.29, 1.82) is 0 Å². The second kappa shape index (κ2) is 6.73. The predicted molar refractivity (Wildman–Crippen MR) is 96.0 cm³/mol. The third kappa shape index (κ3) is 3.63. The van der Waals surface area contributed by atoms with Crippen molar-refractivity contribution in [2.45, 2.75) is 6.54 Å². The van der Waals surface area contributed by atoms with Gasteiger partial charge in [0.2, 0.25) is 0 Å². The van der Waals surface area contributed by atoms with Gasteiger partial charge in [-0.25, -0.2) is 9.97 Å². The molecular weight excluding hydrogens is 360 g/mol. The molecule has 0 spiro atoms. The first-order valence-electron chi connectivity index (χ1n) is 6.75. The van der Waals surface area contributed by atoms with E-state index in [4.69, 9.17) is 0 Å². The summed E-state index contributed by atoms with van der Waals surface area (Å²) in [5, 5.41) is 4.12. The van der Waals surface area contributed by atoms with Crippen molar-refractivity contribution in [1.82, 2.24) is 14.9 Å². The van der Waals surface area contributed by atoms with E-state index in [-0.39, 0.29) is 0 Å². The third-order valence-corrected chi connectivity index (χ3v) is 4.58. The van der Waals surface area contributed by atoms with E-state index in [1.165, 1.54) is 5.56 Å². The molecule has 112 valence electrons. The van der Waals surface area contributed by atoms with Crippen LogP contribution in [0.4, 0.5) is 10.9 Å². The van der Waals surface area contributed by atoms with E-state index in [1.807, 2.05) is 36.2 Å². The average molecular weight is 375 g/mol. The highest BCUT2D eigenvalue weighted by Crippen LogP contribution is 2.30. The standard InChI is InChI=1S/C16H15BrN4S/c1-3-21(2)10-11-6-7-18-15(8-11)20-16-19-13-5-4-12(17)9-14(13)22-16/h3-9H,1,10H2,2H3,(H,18,19,20). The molecular formula is C16H15BrN4S. The van der Waals surface area contributed by atoms with Gasteiger partial charge in [-0.05, 0) is 49.9 Å². The van der Waals surface area contributed by atoms with Crippen molar-refractivity contribution in [2.24, 2.45) is 0 Å². The van der Waals surface area contributed by atoms with Gasteiger partial charge in [-0.2, -0.15) is 0 Å². The number of hydrogen-bond acceptors (Lipinski definition) is 5. The first-order chi connectivity index (χ1) is 10.6. The Morgan fingerprint density at radius 3 is 3.05 bits per heavy atom. The van der Waals surface area contributed by atoms with Crippen molar-refractivity contribution < 1.29 is 0 Å². The van der Waals surface area contributed by atoms with Gasteiger partial charge in [-0.3, -0.25) is 4.90 Å². The molecule has 0 bridgehead atoms. The molecule has 4 nitrogen and oxygen atoms in total. The second-order valence-corrected chi connectivity index (χ2v) is 6.85. The number of aromatic nitrogens is 2. The van der Waals surface area contributed by atoms with Gasteiger partial charge in [0.25, 0.3) is 0 Å². The molecule has 6 heteroatoms. The summed E-state index contributed by atoms with van der Waals surface area (Å²) in [6.45, 7) is 6.36. The summed E-state index contributed by atoms with van der Waals surface area (Å²) in [5.41, 5.74) is 2.15. The van der Waals surface area contributed by atoms with Crippen molar-refractivity contribution in [3.8, 4) is 0 Å². The van der Waals surface area contributed by atoms with Crippen molar-refractivity contribution in [3.05, 3.63) is 60.0 Å². The average Bonchev–Trinajstić information content (AvgIpc) is 2.88. The minimum Gasteiger partial charge on any atom is -0.316 e. The lowest BCUT2D eigenvalue weighted by atomic mass is 10.2. The van der Waals surface area contributed by atoms with Crippen LogP contribution in [0.1, 0.15) is 5.56 Å². The Morgan fingerprint density at radius 2 is 2.23 bits per heavy atom. The molecule has 0 aliphatic heterocycles. The van der Waals surface area contributed by atoms with Crippen LogP contribution in [0.2, 0.25) is 0 Å². The Morgan fingerprint density at radius 1 is 1.36 bits per heavy atom. The van der Waals surface area contributed by atoms with Crippen LogP contribution in [0.5, 0.6) is 0 Å². The lowest BCUT2D eigenvalue weighted by Crippen LogP contribution is -2.12. The summed E-state index contributed by atoms with van der Waals surface area (Å²) >= 11 is 5.09. The molecule has 1 N–H and O–H groups in total. The summed E-state index contributed by atoms with van der Waals surface area (Å²) in [6.07, 6.45) is 1.80. The molecule has 0 amide bonds. The van der Waals surface area contributed by atoms with E-state index in [1.54, 1.807) is 24.1 Å². The highest BCUT2D eigenvalue weighted by molar-refractivity contribution is 9.10. The molecule has 0 atom stereocenters. The largest absolute Gasteiger partial charge is 0.316 e. The van der Waals surface area contributed by atoms with Crippen molar-refractivity contribution in [2.75, 3.05) is 12.4 Å². The number of nitrogens with zero attached hydrogens (tertiary/aromatic N) is 3. The van der Waals surface area contributed by atoms with Crippen LogP contribution in [0.25, 0.3) is 10.2 Å². The highest BCUT2D eigenvalue weighted by atomic mass is 79.9. The van der Waals surface area contributed by atoms with Gasteiger partial charge < -0.3 is 5.32 Å². The lowest BCUT2D eigenvalue weighted by Gasteiger charge is -2.13. The van der Waals surface area contributed by atoms with E-state index < -0.39 is 0 Å². The van der Waals surface area contributed by atoms with Crippen LogP contribution in [0, 0.1) is 13.5 Å². The van der Waals surface area contributed by atoms with Gasteiger partial charge in [-0.1, -0.05) is 27.3 Å². The number of thiazole rings is 1. The van der Waals surface area contributed by atoms with Crippen LogP contribution in [0.15, 0.2) is 41.0 Å². The molecule has 0 aliphatic carbocycles. The zero-order valence-electron chi connectivity index (χ0n) is 12.1. The van der Waals surface area contributed by atoms with Gasteiger partial charge in [0.1, 0.15) is 5.82 Å². The number of fused-ring (bicyclic) bond motifs is 1. The molecule has 2 aromatic heterocycles. The number of hydrogen-bond donors (Lipinski definition) is 1. The summed E-state index contributed by atoms with van der Waals surface area (Å²) in [4.78, 5) is 11.0. The Balaban J connectivity index is 1.80. The zero-order chi connectivity index (χ0) is 15.5. The first-order valence-corrected chi connectivity index (χ1v) is 8.36. The second-order valence-electron chi connectivity index (χ2n) is 4.90. The van der Waals surface area contributed by atoms with Crippen LogP contribution >= 0.6 is 27.3 Å². The van der Waals surface area contributed by atoms with Crippen molar-refractivity contribution in [3.63, 3.8) is 0 Å². The summed E-state index contributed by atoms with van der Waals surface area (Å²) in [7, 11) is 1.99. The number of rotatable bonds is 5. The predicted octanol–water partition coefficient (Wildman–Crippen LogP) is 4.63. The third-order valence-electron chi connectivity index (χ3n) is 3.15. The topological polar surface area (TPSA) is 41.1 Å². The quantitative estimate of drug-likeness (QED) is 0.706. The molecule has 1 aromatic carbocycles. The van der Waals surface area contributed by atoms with E-state index in [2.05, 4.69) is 44.2 Å². The number of benzene rings is 1. The molecule has 3 rings (SSSR count). The zero-order valence-corrected chi connectivity index (χ0v) is 14.5. The van der Waals surface area contributed by atoms with Gasteiger partial charge in [0, 0.05) is 23.8 Å². The van der Waals surface area contributed by atoms with E-state index in [9.17, 15) is 0 Å².